The van der Waals surface area contributed by atoms with Crippen LogP contribution in [0.3, 0.4) is 0 Å². The summed E-state index contributed by atoms with van der Waals surface area (Å²) in [6.07, 6.45) is 0. The molecular weight excluding hydrogens is 258 g/mol. The molecule has 1 aliphatic heterocycles. The number of benzene rings is 1. The van der Waals surface area contributed by atoms with Crippen LogP contribution < -0.4 is 4.74 Å². The van der Waals surface area contributed by atoms with Crippen molar-refractivity contribution in [3.63, 3.8) is 0 Å². The fourth-order valence-corrected chi connectivity index (χ4v) is 2.63. The largest absolute Gasteiger partial charge is 0.496 e. The van der Waals surface area contributed by atoms with Crippen LogP contribution >= 0.6 is 0 Å². The van der Waals surface area contributed by atoms with Gasteiger partial charge in [-0.1, -0.05) is 17.7 Å². The fraction of sp³-hybridized carbons (Fsp3) is 0.533. The molecule has 110 valence electrons. The van der Waals surface area contributed by atoms with Crippen molar-refractivity contribution in [3.05, 3.63) is 29.3 Å². The molecule has 0 amide bonds. The SMILES string of the molecule is COc1ccc(C)cc1CN(C)C1COCC1C(=O)O. The highest BCUT2D eigenvalue weighted by molar-refractivity contribution is 5.71. The molecule has 0 bridgehead atoms. The van der Waals surface area contributed by atoms with Crippen molar-refractivity contribution in [1.29, 1.82) is 0 Å². The molecule has 0 aliphatic carbocycles. The molecule has 0 aromatic heterocycles. The number of carboxylic acid groups (broad SMARTS) is 1. The van der Waals surface area contributed by atoms with E-state index in [1.165, 1.54) is 0 Å². The maximum atomic E-state index is 11.2. The van der Waals surface area contributed by atoms with Crippen molar-refractivity contribution >= 4 is 5.97 Å². The molecule has 0 saturated carbocycles. The van der Waals surface area contributed by atoms with E-state index in [2.05, 4.69) is 6.07 Å². The van der Waals surface area contributed by atoms with Crippen molar-refractivity contribution in [3.8, 4) is 5.75 Å². The minimum absolute atomic E-state index is 0.0993. The first-order valence-electron chi connectivity index (χ1n) is 6.67. The summed E-state index contributed by atoms with van der Waals surface area (Å²) in [5.74, 6) is -0.431. The smallest absolute Gasteiger partial charge is 0.310 e. The van der Waals surface area contributed by atoms with Crippen molar-refractivity contribution in [2.24, 2.45) is 5.92 Å². The molecule has 0 spiro atoms. The number of nitrogens with zero attached hydrogens (tertiary/aromatic N) is 1. The number of carboxylic acids is 1. The highest BCUT2D eigenvalue weighted by Crippen LogP contribution is 2.25. The van der Waals surface area contributed by atoms with Gasteiger partial charge in [0.05, 0.1) is 26.2 Å². The second-order valence-electron chi connectivity index (χ2n) is 5.28. The highest BCUT2D eigenvalue weighted by Gasteiger charge is 2.36. The number of hydrogen-bond donors (Lipinski definition) is 1. The van der Waals surface area contributed by atoms with Gasteiger partial charge in [-0.05, 0) is 20.0 Å². The summed E-state index contributed by atoms with van der Waals surface area (Å²) in [5.41, 5.74) is 2.22. The summed E-state index contributed by atoms with van der Waals surface area (Å²) in [6.45, 7) is 3.42. The molecule has 1 fully saturated rings. The van der Waals surface area contributed by atoms with Crippen molar-refractivity contribution in [2.75, 3.05) is 27.4 Å². The molecule has 1 saturated heterocycles. The molecule has 2 unspecified atom stereocenters. The van der Waals surface area contributed by atoms with Crippen LogP contribution in [-0.2, 0) is 16.1 Å². The molecule has 1 aromatic carbocycles. The zero-order chi connectivity index (χ0) is 14.7. The van der Waals surface area contributed by atoms with Gasteiger partial charge in [-0.15, -0.1) is 0 Å². The minimum Gasteiger partial charge on any atom is -0.496 e. The van der Waals surface area contributed by atoms with Gasteiger partial charge in [-0.25, -0.2) is 0 Å². The van der Waals surface area contributed by atoms with E-state index in [1.807, 2.05) is 31.0 Å². The fourth-order valence-electron chi connectivity index (χ4n) is 2.63. The van der Waals surface area contributed by atoms with Crippen molar-refractivity contribution in [2.45, 2.75) is 19.5 Å². The molecule has 1 heterocycles. The normalized spacial score (nSPS) is 22.2. The zero-order valence-electron chi connectivity index (χ0n) is 12.1. The van der Waals surface area contributed by atoms with Crippen LogP contribution in [0.2, 0.25) is 0 Å². The number of rotatable bonds is 5. The van der Waals surface area contributed by atoms with E-state index in [1.54, 1.807) is 7.11 Å². The monoisotopic (exact) mass is 279 g/mol. The molecule has 1 N–H and O–H groups in total. The second kappa shape index (κ2) is 6.24. The number of aliphatic carboxylic acids is 1. The van der Waals surface area contributed by atoms with Crippen LogP contribution in [0.25, 0.3) is 0 Å². The van der Waals surface area contributed by atoms with Crippen LogP contribution in [0.5, 0.6) is 5.75 Å². The van der Waals surface area contributed by atoms with E-state index in [4.69, 9.17) is 9.47 Å². The van der Waals surface area contributed by atoms with E-state index in [0.717, 1.165) is 16.9 Å². The van der Waals surface area contributed by atoms with E-state index in [0.29, 0.717) is 13.2 Å². The molecular formula is C15H21NO4. The van der Waals surface area contributed by atoms with E-state index < -0.39 is 11.9 Å². The molecule has 1 aromatic rings. The number of hydrogen-bond acceptors (Lipinski definition) is 4. The van der Waals surface area contributed by atoms with Gasteiger partial charge in [-0.2, -0.15) is 0 Å². The molecule has 20 heavy (non-hydrogen) atoms. The number of likely N-dealkylation sites (N-methyl/N-ethyl adjacent to an activating group) is 1. The van der Waals surface area contributed by atoms with E-state index in [9.17, 15) is 9.90 Å². The number of aryl methyl sites for hydroxylation is 1. The van der Waals surface area contributed by atoms with Crippen LogP contribution in [-0.4, -0.2) is 49.4 Å². The summed E-state index contributed by atoms with van der Waals surface area (Å²) in [4.78, 5) is 13.2. The molecule has 5 nitrogen and oxygen atoms in total. The van der Waals surface area contributed by atoms with Crippen LogP contribution in [0.1, 0.15) is 11.1 Å². The third-order valence-corrected chi connectivity index (χ3v) is 3.79. The van der Waals surface area contributed by atoms with Gasteiger partial charge in [0.1, 0.15) is 5.75 Å². The van der Waals surface area contributed by atoms with Gasteiger partial charge in [-0.3, -0.25) is 9.69 Å². The van der Waals surface area contributed by atoms with Crippen molar-refractivity contribution in [1.82, 2.24) is 4.90 Å². The Morgan fingerprint density at radius 2 is 2.25 bits per heavy atom. The van der Waals surface area contributed by atoms with Gasteiger partial charge >= 0.3 is 5.97 Å². The Labute approximate surface area is 119 Å². The average Bonchev–Trinajstić information content (AvgIpc) is 2.88. The molecule has 5 heteroatoms. The summed E-state index contributed by atoms with van der Waals surface area (Å²) >= 11 is 0. The molecule has 1 aliphatic rings. The van der Waals surface area contributed by atoms with E-state index in [-0.39, 0.29) is 12.6 Å². The molecule has 2 atom stereocenters. The third kappa shape index (κ3) is 3.11. The zero-order valence-corrected chi connectivity index (χ0v) is 12.1. The first kappa shape index (κ1) is 14.8. The van der Waals surface area contributed by atoms with Crippen LogP contribution in [0, 0.1) is 12.8 Å². The Morgan fingerprint density at radius 1 is 1.50 bits per heavy atom. The maximum absolute atomic E-state index is 11.2. The topological polar surface area (TPSA) is 59.0 Å². The molecule has 0 radical (unpaired) electrons. The van der Waals surface area contributed by atoms with Gasteiger partial charge in [0.15, 0.2) is 0 Å². The van der Waals surface area contributed by atoms with Crippen molar-refractivity contribution < 1.29 is 19.4 Å². The summed E-state index contributed by atoms with van der Waals surface area (Å²) in [6, 6.07) is 5.91. The first-order valence-corrected chi connectivity index (χ1v) is 6.67. The lowest BCUT2D eigenvalue weighted by molar-refractivity contribution is -0.143. The van der Waals surface area contributed by atoms with Gasteiger partial charge in [0, 0.05) is 18.2 Å². The Morgan fingerprint density at radius 3 is 2.90 bits per heavy atom. The minimum atomic E-state index is -0.796. The van der Waals surface area contributed by atoms with E-state index >= 15 is 0 Å². The van der Waals surface area contributed by atoms with Crippen LogP contribution in [0.15, 0.2) is 18.2 Å². The second-order valence-corrected chi connectivity index (χ2v) is 5.28. The Balaban J connectivity index is 2.13. The quantitative estimate of drug-likeness (QED) is 0.886. The lowest BCUT2D eigenvalue weighted by Gasteiger charge is -2.26. The summed E-state index contributed by atoms with van der Waals surface area (Å²) < 4.78 is 10.7. The predicted molar refractivity (Wildman–Crippen MR) is 74.9 cm³/mol. The van der Waals surface area contributed by atoms with Crippen LogP contribution in [0.4, 0.5) is 0 Å². The third-order valence-electron chi connectivity index (χ3n) is 3.79. The first-order chi connectivity index (χ1) is 9.52. The Hall–Kier alpha value is -1.59. The van der Waals surface area contributed by atoms with Gasteiger partial charge < -0.3 is 14.6 Å². The Bertz CT molecular complexity index is 489. The maximum Gasteiger partial charge on any atom is 0.310 e. The number of carbonyl (C=O) groups is 1. The van der Waals surface area contributed by atoms with Gasteiger partial charge in [0.2, 0.25) is 0 Å². The number of ether oxygens (including phenoxy) is 2. The average molecular weight is 279 g/mol. The predicted octanol–water partition coefficient (Wildman–Crippen LogP) is 1.54. The number of methoxy groups -OCH3 is 1. The summed E-state index contributed by atoms with van der Waals surface area (Å²) in [7, 11) is 3.57. The summed E-state index contributed by atoms with van der Waals surface area (Å²) in [5, 5.41) is 9.21. The molecule has 2 rings (SSSR count). The van der Waals surface area contributed by atoms with Gasteiger partial charge in [0.25, 0.3) is 0 Å². The lowest BCUT2D eigenvalue weighted by Crippen LogP contribution is -2.40. The Kier molecular flexibility index (Phi) is 4.62. The standard InChI is InChI=1S/C15H21NO4/c1-10-4-5-14(19-3)11(6-10)7-16(2)13-9-20-8-12(13)15(17)18/h4-6,12-13H,7-9H2,1-3H3,(H,17,18). The lowest BCUT2D eigenvalue weighted by atomic mass is 10.0. The highest BCUT2D eigenvalue weighted by atomic mass is 16.5.